The van der Waals surface area contributed by atoms with Crippen molar-refractivity contribution in [3.63, 3.8) is 0 Å². The van der Waals surface area contributed by atoms with Gasteiger partial charge < -0.3 is 5.73 Å². The second-order valence-corrected chi connectivity index (χ2v) is 5.67. The minimum Gasteiger partial charge on any atom is -0.327 e. The predicted octanol–water partition coefficient (Wildman–Crippen LogP) is 1.16. The van der Waals surface area contributed by atoms with E-state index in [-0.39, 0.29) is 16.9 Å². The van der Waals surface area contributed by atoms with E-state index in [0.29, 0.717) is 11.3 Å². The Morgan fingerprint density at radius 1 is 1.25 bits per heavy atom. The first-order valence-electron chi connectivity index (χ1n) is 5.13. The van der Waals surface area contributed by atoms with Crippen molar-refractivity contribution in [3.8, 4) is 0 Å². The van der Waals surface area contributed by atoms with Crippen molar-refractivity contribution in [1.82, 2.24) is 0 Å². The summed E-state index contributed by atoms with van der Waals surface area (Å²) >= 11 is 0. The molecule has 16 heavy (non-hydrogen) atoms. The lowest BCUT2D eigenvalue weighted by Crippen LogP contribution is -2.30. The van der Waals surface area contributed by atoms with Gasteiger partial charge >= 0.3 is 0 Å². The lowest BCUT2D eigenvalue weighted by Gasteiger charge is -2.15. The molecule has 1 heterocycles. The van der Waals surface area contributed by atoms with Gasteiger partial charge in [-0.2, -0.15) is 12.8 Å². The number of benzene rings is 1. The Morgan fingerprint density at radius 2 is 1.88 bits per heavy atom. The molecule has 2 N–H and O–H groups in total. The van der Waals surface area contributed by atoms with Gasteiger partial charge in [0.15, 0.2) is 0 Å². The smallest absolute Gasteiger partial charge is 0.283 e. The Balaban J connectivity index is 2.60. The van der Waals surface area contributed by atoms with E-state index in [4.69, 9.17) is 5.73 Å². The molecule has 0 bridgehead atoms. The fourth-order valence-corrected chi connectivity index (χ4v) is 3.03. The Kier molecular flexibility index (Phi) is 2.59. The van der Waals surface area contributed by atoms with Crippen molar-refractivity contribution in [2.75, 3.05) is 0 Å². The molecule has 0 radical (unpaired) electrons. The van der Waals surface area contributed by atoms with Crippen LogP contribution < -0.4 is 5.73 Å². The lowest BCUT2D eigenvalue weighted by atomic mass is 9.93. The van der Waals surface area contributed by atoms with Gasteiger partial charge in [-0.15, -0.1) is 0 Å². The summed E-state index contributed by atoms with van der Waals surface area (Å²) in [6.07, 6.45) is 0. The van der Waals surface area contributed by atoms with Gasteiger partial charge in [-0.25, -0.2) is 0 Å². The summed E-state index contributed by atoms with van der Waals surface area (Å²) in [5, 5.41) is 0. The van der Waals surface area contributed by atoms with Gasteiger partial charge in [0.25, 0.3) is 10.0 Å². The summed E-state index contributed by atoms with van der Waals surface area (Å²) in [5.41, 5.74) is 7.05. The lowest BCUT2D eigenvalue weighted by molar-refractivity contribution is 0.598. The van der Waals surface area contributed by atoms with Gasteiger partial charge in [0.1, 0.15) is 0 Å². The second-order valence-electron chi connectivity index (χ2n) is 4.10. The van der Waals surface area contributed by atoms with Crippen molar-refractivity contribution in [2.45, 2.75) is 24.8 Å². The van der Waals surface area contributed by atoms with Crippen molar-refractivity contribution < 1.29 is 8.42 Å². The predicted molar refractivity (Wildman–Crippen MR) is 63.0 cm³/mol. The van der Waals surface area contributed by atoms with E-state index in [1.165, 1.54) is 0 Å². The zero-order valence-electron chi connectivity index (χ0n) is 9.21. The molecular weight excluding hydrogens is 224 g/mol. The average Bonchev–Trinajstić information content (AvgIpc) is 2.51. The third-order valence-corrected chi connectivity index (χ3v) is 4.23. The highest BCUT2D eigenvalue weighted by Crippen LogP contribution is 2.29. The molecule has 0 fully saturated rings. The van der Waals surface area contributed by atoms with E-state index in [1.54, 1.807) is 18.2 Å². The molecule has 0 saturated heterocycles. The van der Waals surface area contributed by atoms with Gasteiger partial charge in [-0.3, -0.25) is 0 Å². The first-order valence-corrected chi connectivity index (χ1v) is 6.57. The van der Waals surface area contributed by atoms with Gasteiger partial charge in [0.2, 0.25) is 0 Å². The van der Waals surface area contributed by atoms with Crippen molar-refractivity contribution in [1.29, 1.82) is 0 Å². The molecule has 1 aliphatic heterocycles. The first kappa shape index (κ1) is 11.3. The number of fused-ring (bicyclic) bond motifs is 1. The van der Waals surface area contributed by atoms with E-state index >= 15 is 0 Å². The molecule has 0 aliphatic carbocycles. The number of hydrogen-bond donors (Lipinski definition) is 1. The molecule has 0 saturated carbocycles. The summed E-state index contributed by atoms with van der Waals surface area (Å²) in [5.74, 6) is -0.0709. The number of hydrogen-bond acceptors (Lipinski definition) is 3. The standard InChI is InChI=1S/C11H14N2O2S/c1-7(8(2)12)11-9-5-3-4-6-10(9)16(14,15)13-11/h3-8H,12H2,1-2H3. The third kappa shape index (κ3) is 1.66. The molecular formula is C11H14N2O2S. The maximum absolute atomic E-state index is 11.8. The van der Waals surface area contributed by atoms with Crippen LogP contribution in [-0.2, 0) is 10.0 Å². The van der Waals surface area contributed by atoms with Crippen LogP contribution in [0.2, 0.25) is 0 Å². The average molecular weight is 238 g/mol. The fraction of sp³-hybridized carbons (Fsp3) is 0.364. The van der Waals surface area contributed by atoms with Crippen LogP contribution in [0.5, 0.6) is 0 Å². The van der Waals surface area contributed by atoms with Crippen LogP contribution in [0.1, 0.15) is 19.4 Å². The molecule has 0 spiro atoms. The molecule has 2 unspecified atom stereocenters. The molecule has 5 heteroatoms. The highest BCUT2D eigenvalue weighted by atomic mass is 32.2. The van der Waals surface area contributed by atoms with E-state index in [1.807, 2.05) is 19.9 Å². The summed E-state index contributed by atoms with van der Waals surface area (Å²) < 4.78 is 27.3. The number of sulfonamides is 1. The number of nitrogens with zero attached hydrogens (tertiary/aromatic N) is 1. The zero-order chi connectivity index (χ0) is 11.9. The van der Waals surface area contributed by atoms with Crippen LogP contribution in [0, 0.1) is 5.92 Å². The molecule has 2 atom stereocenters. The van der Waals surface area contributed by atoms with E-state index in [0.717, 1.165) is 0 Å². The zero-order valence-corrected chi connectivity index (χ0v) is 10.0. The van der Waals surface area contributed by atoms with Gasteiger partial charge in [0, 0.05) is 17.5 Å². The van der Waals surface area contributed by atoms with E-state index in [2.05, 4.69) is 4.40 Å². The quantitative estimate of drug-likeness (QED) is 0.840. The Morgan fingerprint density at radius 3 is 2.50 bits per heavy atom. The van der Waals surface area contributed by atoms with Crippen LogP contribution in [0.3, 0.4) is 0 Å². The van der Waals surface area contributed by atoms with Crippen LogP contribution in [0.15, 0.2) is 33.6 Å². The van der Waals surface area contributed by atoms with Gasteiger partial charge in [-0.1, -0.05) is 25.1 Å². The van der Waals surface area contributed by atoms with Crippen LogP contribution in [0.4, 0.5) is 0 Å². The van der Waals surface area contributed by atoms with E-state index in [9.17, 15) is 8.42 Å². The molecule has 1 aliphatic rings. The fourth-order valence-electron chi connectivity index (χ4n) is 1.71. The summed E-state index contributed by atoms with van der Waals surface area (Å²) in [6.45, 7) is 3.74. The van der Waals surface area contributed by atoms with Crippen molar-refractivity contribution in [2.24, 2.45) is 16.0 Å². The Bertz CT molecular complexity index is 547. The van der Waals surface area contributed by atoms with Crippen molar-refractivity contribution >= 4 is 15.7 Å². The topological polar surface area (TPSA) is 72.5 Å². The monoisotopic (exact) mass is 238 g/mol. The SMILES string of the molecule is CC(N)C(C)C1=NS(=O)(=O)c2ccccc21. The van der Waals surface area contributed by atoms with Crippen LogP contribution in [-0.4, -0.2) is 20.2 Å². The molecule has 1 aromatic rings. The highest BCUT2D eigenvalue weighted by molar-refractivity contribution is 7.90. The molecule has 2 rings (SSSR count). The Labute approximate surface area is 95.2 Å². The summed E-state index contributed by atoms with van der Waals surface area (Å²) in [6, 6.07) is 6.74. The molecule has 86 valence electrons. The van der Waals surface area contributed by atoms with Crippen LogP contribution >= 0.6 is 0 Å². The summed E-state index contributed by atoms with van der Waals surface area (Å²) in [4.78, 5) is 0.289. The van der Waals surface area contributed by atoms with Crippen molar-refractivity contribution in [3.05, 3.63) is 29.8 Å². The summed E-state index contributed by atoms with van der Waals surface area (Å²) in [7, 11) is -3.50. The molecule has 1 aromatic carbocycles. The minimum absolute atomic E-state index is 0.0709. The minimum atomic E-state index is -3.50. The molecule has 0 amide bonds. The van der Waals surface area contributed by atoms with Crippen LogP contribution in [0.25, 0.3) is 0 Å². The first-order chi connectivity index (χ1) is 7.43. The third-order valence-electron chi connectivity index (χ3n) is 2.88. The second kappa shape index (κ2) is 3.68. The normalized spacial score (nSPS) is 21.1. The van der Waals surface area contributed by atoms with Gasteiger partial charge in [0.05, 0.1) is 10.6 Å². The van der Waals surface area contributed by atoms with E-state index < -0.39 is 10.0 Å². The molecule has 4 nitrogen and oxygen atoms in total. The largest absolute Gasteiger partial charge is 0.327 e. The van der Waals surface area contributed by atoms with Gasteiger partial charge in [-0.05, 0) is 13.0 Å². The maximum atomic E-state index is 11.8. The number of nitrogens with two attached hydrogens (primary N) is 1. The maximum Gasteiger partial charge on any atom is 0.283 e. The Hall–Kier alpha value is -1.20. The number of rotatable bonds is 2. The molecule has 0 aromatic heterocycles. The highest BCUT2D eigenvalue weighted by Gasteiger charge is 2.31.